The molecule has 8 heteroatoms. The third-order valence-electron chi connectivity index (χ3n) is 5.92. The number of anilines is 1. The van der Waals surface area contributed by atoms with Gasteiger partial charge in [-0.3, -0.25) is 0 Å². The van der Waals surface area contributed by atoms with Crippen LogP contribution in [-0.4, -0.2) is 41.4 Å². The molecule has 5 rings (SSSR count). The maximum absolute atomic E-state index is 11.8. The molecule has 32 heavy (non-hydrogen) atoms. The lowest BCUT2D eigenvalue weighted by Crippen LogP contribution is -2.45. The number of aromatic hydroxyl groups is 1. The zero-order chi connectivity index (χ0) is 22.5. The van der Waals surface area contributed by atoms with Gasteiger partial charge in [0.2, 0.25) is 6.79 Å². The van der Waals surface area contributed by atoms with Crippen LogP contribution in [0.3, 0.4) is 0 Å². The molecule has 0 bridgehead atoms. The first-order valence-electron chi connectivity index (χ1n) is 10.0. The molecule has 2 atom stereocenters. The van der Waals surface area contributed by atoms with Gasteiger partial charge >= 0.3 is 5.97 Å². The van der Waals surface area contributed by atoms with E-state index in [9.17, 15) is 20.1 Å². The molecule has 2 aliphatic rings. The number of hydrogen-bond acceptors (Lipinski definition) is 8. The van der Waals surface area contributed by atoms with Crippen LogP contribution < -0.4 is 14.4 Å². The summed E-state index contributed by atoms with van der Waals surface area (Å²) in [5.41, 5.74) is 0.508. The van der Waals surface area contributed by atoms with Gasteiger partial charge < -0.3 is 34.4 Å². The number of aliphatic hydroxyl groups excluding tert-OH is 1. The van der Waals surface area contributed by atoms with E-state index < -0.39 is 17.8 Å². The maximum atomic E-state index is 11.8. The number of phenolic OH excluding ortho intramolecular Hbond substituents is 1. The number of phenols is 1. The van der Waals surface area contributed by atoms with E-state index in [1.807, 2.05) is 6.07 Å². The standard InChI is InChI=1S/C24H21NO7/c1-30-22(27)15-8-6-14(7-9-15)12-25-18-5-3-2-4-16(18)24(29,23(25)28)17-10-20-21(11-19(17)26)32-13-31-20/h2-11,23,26,28-29H,12-13H2,1H3. The number of carbonyl (C=O) groups excluding carboxylic acids is 1. The van der Waals surface area contributed by atoms with Gasteiger partial charge in [-0.2, -0.15) is 0 Å². The third-order valence-corrected chi connectivity index (χ3v) is 5.92. The van der Waals surface area contributed by atoms with E-state index in [4.69, 9.17) is 14.2 Å². The summed E-state index contributed by atoms with van der Waals surface area (Å²) in [5, 5.41) is 33.8. The number of aliphatic hydroxyl groups is 2. The Morgan fingerprint density at radius 1 is 1.09 bits per heavy atom. The Labute approximate surface area is 183 Å². The van der Waals surface area contributed by atoms with Crippen LogP contribution in [0.4, 0.5) is 5.69 Å². The van der Waals surface area contributed by atoms with Gasteiger partial charge in [-0.15, -0.1) is 0 Å². The van der Waals surface area contributed by atoms with E-state index >= 15 is 0 Å². The van der Waals surface area contributed by atoms with Crippen molar-refractivity contribution in [2.75, 3.05) is 18.8 Å². The molecule has 0 fully saturated rings. The SMILES string of the molecule is COC(=O)c1ccc(CN2c3ccccc3C(O)(c3cc4c(cc3O)OCO4)C2O)cc1. The molecule has 0 spiro atoms. The van der Waals surface area contributed by atoms with Gasteiger partial charge in [0.25, 0.3) is 0 Å². The first-order valence-corrected chi connectivity index (χ1v) is 10.0. The second-order valence-electron chi connectivity index (χ2n) is 7.70. The van der Waals surface area contributed by atoms with E-state index in [2.05, 4.69) is 0 Å². The number of hydrogen-bond donors (Lipinski definition) is 3. The first-order chi connectivity index (χ1) is 15.4. The molecule has 8 nitrogen and oxygen atoms in total. The summed E-state index contributed by atoms with van der Waals surface area (Å²) < 4.78 is 15.4. The molecule has 2 aliphatic heterocycles. The highest BCUT2D eigenvalue weighted by molar-refractivity contribution is 5.89. The Morgan fingerprint density at radius 3 is 2.50 bits per heavy atom. The van der Waals surface area contributed by atoms with Crippen molar-refractivity contribution in [3.8, 4) is 17.2 Å². The third kappa shape index (κ3) is 2.96. The second-order valence-corrected chi connectivity index (χ2v) is 7.70. The minimum Gasteiger partial charge on any atom is -0.507 e. The number of ether oxygens (including phenoxy) is 3. The lowest BCUT2D eigenvalue weighted by Gasteiger charge is -2.32. The van der Waals surface area contributed by atoms with Crippen molar-refractivity contribution in [2.45, 2.75) is 18.4 Å². The van der Waals surface area contributed by atoms with Gasteiger partial charge in [0, 0.05) is 29.4 Å². The van der Waals surface area contributed by atoms with Crippen molar-refractivity contribution in [1.82, 2.24) is 0 Å². The van der Waals surface area contributed by atoms with Crippen LogP contribution in [0.5, 0.6) is 17.2 Å². The fraction of sp³-hybridized carbons (Fsp3) is 0.208. The van der Waals surface area contributed by atoms with Gasteiger partial charge in [-0.1, -0.05) is 30.3 Å². The molecule has 0 aliphatic carbocycles. The molecule has 3 aromatic carbocycles. The molecule has 0 amide bonds. The molecule has 3 aromatic rings. The number of carbonyl (C=O) groups is 1. The van der Waals surface area contributed by atoms with Gasteiger partial charge in [-0.05, 0) is 29.8 Å². The summed E-state index contributed by atoms with van der Waals surface area (Å²) in [4.78, 5) is 13.3. The lowest BCUT2D eigenvalue weighted by molar-refractivity contribution is -0.0403. The van der Waals surface area contributed by atoms with E-state index in [-0.39, 0.29) is 24.7 Å². The van der Waals surface area contributed by atoms with E-state index in [1.54, 1.807) is 47.4 Å². The summed E-state index contributed by atoms with van der Waals surface area (Å²) in [6.07, 6.45) is -1.40. The summed E-state index contributed by atoms with van der Waals surface area (Å²) in [6.45, 7) is 0.275. The highest BCUT2D eigenvalue weighted by Gasteiger charge is 2.52. The van der Waals surface area contributed by atoms with Gasteiger partial charge in [0.05, 0.1) is 12.7 Å². The fourth-order valence-electron chi connectivity index (χ4n) is 4.30. The van der Waals surface area contributed by atoms with Crippen LogP contribution in [0.15, 0.2) is 60.7 Å². The molecule has 0 saturated heterocycles. The number of fused-ring (bicyclic) bond motifs is 2. The number of rotatable bonds is 4. The van der Waals surface area contributed by atoms with Crippen molar-refractivity contribution in [2.24, 2.45) is 0 Å². The Bertz CT molecular complexity index is 1190. The average Bonchev–Trinajstić information content (AvgIpc) is 3.35. The van der Waals surface area contributed by atoms with Gasteiger partial charge in [0.15, 0.2) is 23.3 Å². The van der Waals surface area contributed by atoms with Crippen LogP contribution in [0, 0.1) is 0 Å². The van der Waals surface area contributed by atoms with Crippen LogP contribution in [0.25, 0.3) is 0 Å². The molecular weight excluding hydrogens is 414 g/mol. The van der Waals surface area contributed by atoms with Gasteiger partial charge in [-0.25, -0.2) is 4.79 Å². The highest BCUT2D eigenvalue weighted by atomic mass is 16.7. The van der Waals surface area contributed by atoms with Crippen LogP contribution in [-0.2, 0) is 16.9 Å². The molecule has 0 radical (unpaired) electrons. The van der Waals surface area contributed by atoms with Crippen molar-refractivity contribution < 1.29 is 34.3 Å². The predicted octanol–water partition coefficient (Wildman–Crippen LogP) is 2.48. The van der Waals surface area contributed by atoms with Crippen molar-refractivity contribution >= 4 is 11.7 Å². The van der Waals surface area contributed by atoms with Gasteiger partial charge in [0.1, 0.15) is 5.75 Å². The second kappa shape index (κ2) is 7.44. The predicted molar refractivity (Wildman–Crippen MR) is 114 cm³/mol. The Hall–Kier alpha value is -3.75. The van der Waals surface area contributed by atoms with Crippen molar-refractivity contribution in [3.05, 3.63) is 82.9 Å². The summed E-state index contributed by atoms with van der Waals surface area (Å²) >= 11 is 0. The van der Waals surface area contributed by atoms with Crippen LogP contribution in [0.2, 0.25) is 0 Å². The van der Waals surface area contributed by atoms with Crippen molar-refractivity contribution in [1.29, 1.82) is 0 Å². The van der Waals surface area contributed by atoms with E-state index in [0.29, 0.717) is 28.3 Å². The van der Waals surface area contributed by atoms with Crippen LogP contribution in [0.1, 0.15) is 27.0 Å². The molecule has 2 unspecified atom stereocenters. The van der Waals surface area contributed by atoms with E-state index in [1.165, 1.54) is 19.2 Å². The monoisotopic (exact) mass is 435 g/mol. The van der Waals surface area contributed by atoms with Crippen LogP contribution >= 0.6 is 0 Å². The zero-order valence-electron chi connectivity index (χ0n) is 17.2. The number of para-hydroxylation sites is 1. The molecule has 2 heterocycles. The quantitative estimate of drug-likeness (QED) is 0.537. The largest absolute Gasteiger partial charge is 0.507 e. The Balaban J connectivity index is 1.54. The molecule has 0 saturated carbocycles. The zero-order valence-corrected chi connectivity index (χ0v) is 17.2. The molecule has 164 valence electrons. The normalized spacial score (nSPS) is 20.8. The fourth-order valence-corrected chi connectivity index (χ4v) is 4.30. The topological polar surface area (TPSA) is 109 Å². The number of benzene rings is 3. The van der Waals surface area contributed by atoms with E-state index in [0.717, 1.165) is 5.56 Å². The first kappa shape index (κ1) is 20.2. The minimum absolute atomic E-state index is 0.0174. The van der Waals surface area contributed by atoms with Crippen molar-refractivity contribution in [3.63, 3.8) is 0 Å². The Kier molecular flexibility index (Phi) is 4.69. The summed E-state index contributed by atoms with van der Waals surface area (Å²) in [7, 11) is 1.32. The molecule has 3 N–H and O–H groups in total. The molecular formula is C24H21NO7. The number of nitrogens with zero attached hydrogens (tertiary/aromatic N) is 1. The highest BCUT2D eigenvalue weighted by Crippen LogP contribution is 2.52. The molecule has 0 aromatic heterocycles. The number of methoxy groups -OCH3 is 1. The number of esters is 1. The minimum atomic E-state index is -1.91. The summed E-state index contributed by atoms with van der Waals surface area (Å²) in [5.74, 6) is 0.108. The smallest absolute Gasteiger partial charge is 0.337 e. The lowest BCUT2D eigenvalue weighted by atomic mass is 9.86. The summed E-state index contributed by atoms with van der Waals surface area (Å²) in [6, 6.07) is 16.8. The Morgan fingerprint density at radius 2 is 1.78 bits per heavy atom. The average molecular weight is 435 g/mol. The maximum Gasteiger partial charge on any atom is 0.337 e.